The summed E-state index contributed by atoms with van der Waals surface area (Å²) in [5.74, 6) is 0. The second-order valence-corrected chi connectivity index (χ2v) is 6.03. The highest BCUT2D eigenvalue weighted by Gasteiger charge is 2.33. The third-order valence-electron chi connectivity index (χ3n) is 3.38. The fourth-order valence-corrected chi connectivity index (χ4v) is 3.22. The smallest absolute Gasteiger partial charge is 0.178 e. The second kappa shape index (κ2) is 3.93. The molecule has 0 amide bonds. The number of aromatic nitrogens is 2. The Labute approximate surface area is 113 Å². The van der Waals surface area contributed by atoms with E-state index in [4.69, 9.17) is 17.0 Å². The van der Waals surface area contributed by atoms with Crippen LogP contribution in [-0.4, -0.2) is 22.8 Å². The van der Waals surface area contributed by atoms with Crippen LogP contribution in [0.4, 0.5) is 0 Å². The van der Waals surface area contributed by atoms with E-state index in [1.54, 1.807) is 0 Å². The maximum Gasteiger partial charge on any atom is 0.178 e. The van der Waals surface area contributed by atoms with Crippen molar-refractivity contribution in [2.45, 2.75) is 18.9 Å². The zero-order valence-electron chi connectivity index (χ0n) is 9.50. The van der Waals surface area contributed by atoms with Gasteiger partial charge < -0.3 is 14.3 Å². The lowest BCUT2D eigenvalue weighted by molar-refractivity contribution is 0.162. The summed E-state index contributed by atoms with van der Waals surface area (Å²) in [5, 5.41) is 0. The molecule has 1 aliphatic rings. The number of aromatic amines is 1. The predicted octanol–water partition coefficient (Wildman–Crippen LogP) is 3.60. The molecule has 17 heavy (non-hydrogen) atoms. The molecule has 3 nitrogen and oxygen atoms in total. The summed E-state index contributed by atoms with van der Waals surface area (Å²) in [7, 11) is 0. The number of nitrogens with one attached hydrogen (secondary N) is 1. The van der Waals surface area contributed by atoms with Crippen LogP contribution in [0.5, 0.6) is 0 Å². The van der Waals surface area contributed by atoms with E-state index < -0.39 is 0 Å². The summed E-state index contributed by atoms with van der Waals surface area (Å²) in [5.41, 5.74) is 2.18. The summed E-state index contributed by atoms with van der Waals surface area (Å²) in [6, 6.07) is 6.17. The lowest BCUT2D eigenvalue weighted by Crippen LogP contribution is -2.30. The Bertz CT molecular complexity index is 625. The van der Waals surface area contributed by atoms with Gasteiger partial charge in [-0.1, -0.05) is 15.9 Å². The Hall–Kier alpha value is -0.650. The van der Waals surface area contributed by atoms with Gasteiger partial charge in [-0.3, -0.25) is 0 Å². The Kier molecular flexibility index (Phi) is 2.65. The number of hydrogen-bond donors (Lipinski definition) is 1. The molecule has 1 fully saturated rings. The lowest BCUT2D eigenvalue weighted by atomic mass is 10.0. The van der Waals surface area contributed by atoms with Crippen LogP contribution in [0.1, 0.15) is 13.3 Å². The van der Waals surface area contributed by atoms with E-state index in [1.807, 2.05) is 12.1 Å². The molecule has 0 aliphatic carbocycles. The van der Waals surface area contributed by atoms with E-state index in [0.717, 1.165) is 39.9 Å². The highest BCUT2D eigenvalue weighted by Crippen LogP contribution is 2.32. The quantitative estimate of drug-likeness (QED) is 0.815. The van der Waals surface area contributed by atoms with Gasteiger partial charge in [0.15, 0.2) is 4.77 Å². The summed E-state index contributed by atoms with van der Waals surface area (Å²) >= 11 is 8.95. The maximum absolute atomic E-state index is 5.53. The van der Waals surface area contributed by atoms with Crippen molar-refractivity contribution in [1.29, 1.82) is 0 Å². The molecule has 3 rings (SSSR count). The minimum atomic E-state index is -0.0316. The van der Waals surface area contributed by atoms with Gasteiger partial charge >= 0.3 is 0 Å². The van der Waals surface area contributed by atoms with Crippen LogP contribution in [0.25, 0.3) is 11.0 Å². The monoisotopic (exact) mass is 312 g/mol. The molecular weight excluding hydrogens is 300 g/mol. The number of fused-ring (bicyclic) bond motifs is 1. The zero-order valence-corrected chi connectivity index (χ0v) is 11.9. The van der Waals surface area contributed by atoms with Crippen LogP contribution in [0.15, 0.2) is 22.7 Å². The maximum atomic E-state index is 5.53. The van der Waals surface area contributed by atoms with Crippen molar-refractivity contribution >= 4 is 39.2 Å². The zero-order chi connectivity index (χ0) is 12.0. The van der Waals surface area contributed by atoms with Gasteiger partial charge in [0.2, 0.25) is 0 Å². The predicted molar refractivity (Wildman–Crippen MR) is 73.9 cm³/mol. The molecule has 1 unspecified atom stereocenters. The van der Waals surface area contributed by atoms with E-state index >= 15 is 0 Å². The van der Waals surface area contributed by atoms with Crippen molar-refractivity contribution in [3.63, 3.8) is 0 Å². The normalized spacial score (nSPS) is 24.6. The van der Waals surface area contributed by atoms with Crippen LogP contribution in [-0.2, 0) is 10.3 Å². The number of nitrogens with zero attached hydrogens (tertiary/aromatic N) is 1. The van der Waals surface area contributed by atoms with Crippen molar-refractivity contribution in [3.05, 3.63) is 27.4 Å². The molecular formula is C12H13BrN2OS. The summed E-state index contributed by atoms with van der Waals surface area (Å²) in [4.78, 5) is 3.26. The molecule has 90 valence electrons. The number of rotatable bonds is 1. The largest absolute Gasteiger partial charge is 0.379 e. The molecule has 0 saturated carbocycles. The van der Waals surface area contributed by atoms with Gasteiger partial charge in [-0.25, -0.2) is 0 Å². The molecule has 5 heteroatoms. The van der Waals surface area contributed by atoms with Crippen molar-refractivity contribution < 1.29 is 4.74 Å². The van der Waals surface area contributed by atoms with Crippen LogP contribution in [0.2, 0.25) is 0 Å². The minimum absolute atomic E-state index is 0.0316. The Balaban J connectivity index is 2.31. The molecule has 1 aromatic carbocycles. The van der Waals surface area contributed by atoms with Gasteiger partial charge in [-0.15, -0.1) is 0 Å². The standard InChI is InChI=1S/C12H13BrN2OS/c1-12(4-5-16-7-12)15-10-6-8(13)2-3-9(10)14-11(15)17/h2-3,6H,4-5,7H2,1H3,(H,14,17). The van der Waals surface area contributed by atoms with Gasteiger partial charge in [-0.2, -0.15) is 0 Å². The number of benzene rings is 1. The molecule has 1 atom stereocenters. The van der Waals surface area contributed by atoms with Gasteiger partial charge in [0, 0.05) is 11.1 Å². The van der Waals surface area contributed by atoms with E-state index in [9.17, 15) is 0 Å². The first-order valence-electron chi connectivity index (χ1n) is 5.59. The number of imidazole rings is 1. The Morgan fingerprint density at radius 1 is 1.53 bits per heavy atom. The number of ether oxygens (including phenoxy) is 1. The first kappa shape index (κ1) is 11.4. The van der Waals surface area contributed by atoms with Gasteiger partial charge in [0.25, 0.3) is 0 Å². The molecule has 0 spiro atoms. The molecule has 0 radical (unpaired) electrons. The van der Waals surface area contributed by atoms with Crippen LogP contribution in [0.3, 0.4) is 0 Å². The van der Waals surface area contributed by atoms with Crippen LogP contribution in [0, 0.1) is 4.77 Å². The molecule has 1 aromatic heterocycles. The fraction of sp³-hybridized carbons (Fsp3) is 0.417. The number of hydrogen-bond acceptors (Lipinski definition) is 2. The first-order valence-corrected chi connectivity index (χ1v) is 6.79. The lowest BCUT2D eigenvalue weighted by Gasteiger charge is -2.24. The summed E-state index contributed by atoms with van der Waals surface area (Å²) in [6.45, 7) is 3.73. The number of H-pyrrole nitrogens is 1. The SMILES string of the molecule is CC1(n2c(=S)[nH]c3ccc(Br)cc32)CCOC1. The minimum Gasteiger partial charge on any atom is -0.379 e. The second-order valence-electron chi connectivity index (χ2n) is 4.73. The fourth-order valence-electron chi connectivity index (χ4n) is 2.44. The van der Waals surface area contributed by atoms with Gasteiger partial charge in [0.05, 0.1) is 23.2 Å². The average Bonchev–Trinajstić information content (AvgIpc) is 2.82. The van der Waals surface area contributed by atoms with E-state index in [0.29, 0.717) is 0 Å². The Morgan fingerprint density at radius 3 is 3.06 bits per heavy atom. The van der Waals surface area contributed by atoms with Crippen molar-refractivity contribution in [2.24, 2.45) is 0 Å². The topological polar surface area (TPSA) is 29.9 Å². The summed E-state index contributed by atoms with van der Waals surface area (Å²) < 4.78 is 9.55. The van der Waals surface area contributed by atoms with Gasteiger partial charge in [0.1, 0.15) is 0 Å². The van der Waals surface area contributed by atoms with E-state index in [1.165, 1.54) is 0 Å². The average molecular weight is 313 g/mol. The van der Waals surface area contributed by atoms with Crippen LogP contribution >= 0.6 is 28.1 Å². The van der Waals surface area contributed by atoms with Crippen molar-refractivity contribution in [2.75, 3.05) is 13.2 Å². The van der Waals surface area contributed by atoms with Crippen LogP contribution < -0.4 is 0 Å². The Morgan fingerprint density at radius 2 is 2.35 bits per heavy atom. The third kappa shape index (κ3) is 1.77. The summed E-state index contributed by atoms with van der Waals surface area (Å²) in [6.07, 6.45) is 1.00. The van der Waals surface area contributed by atoms with E-state index in [-0.39, 0.29) is 5.54 Å². The van der Waals surface area contributed by atoms with Crippen molar-refractivity contribution in [3.8, 4) is 0 Å². The molecule has 0 bridgehead atoms. The third-order valence-corrected chi connectivity index (χ3v) is 4.16. The molecule has 2 heterocycles. The molecule has 1 saturated heterocycles. The first-order chi connectivity index (χ1) is 8.10. The number of halogens is 1. The highest BCUT2D eigenvalue weighted by atomic mass is 79.9. The molecule has 1 aliphatic heterocycles. The van der Waals surface area contributed by atoms with E-state index in [2.05, 4.69) is 38.5 Å². The van der Waals surface area contributed by atoms with Crippen molar-refractivity contribution in [1.82, 2.24) is 9.55 Å². The molecule has 2 aromatic rings. The highest BCUT2D eigenvalue weighted by molar-refractivity contribution is 9.10. The molecule has 1 N–H and O–H groups in total. The van der Waals surface area contributed by atoms with Gasteiger partial charge in [-0.05, 0) is 43.8 Å².